The monoisotopic (exact) mass is 557 g/mol. The van der Waals surface area contributed by atoms with Crippen molar-refractivity contribution >= 4 is 50.7 Å². The van der Waals surface area contributed by atoms with E-state index in [-0.39, 0.29) is 42.8 Å². The molecular formula is C25H33Cl2N3O5S. The zero-order chi connectivity index (χ0) is 26.9. The van der Waals surface area contributed by atoms with Crippen molar-refractivity contribution in [3.63, 3.8) is 0 Å². The highest BCUT2D eigenvalue weighted by Crippen LogP contribution is 2.30. The molecule has 1 atom stereocenters. The zero-order valence-corrected chi connectivity index (χ0v) is 23.3. The van der Waals surface area contributed by atoms with E-state index < -0.39 is 16.1 Å². The third kappa shape index (κ3) is 8.28. The van der Waals surface area contributed by atoms with Gasteiger partial charge in [-0.2, -0.15) is 0 Å². The minimum Gasteiger partial charge on any atom is -0.495 e. The van der Waals surface area contributed by atoms with Gasteiger partial charge in [0.2, 0.25) is 21.8 Å². The van der Waals surface area contributed by atoms with Gasteiger partial charge in [-0.1, -0.05) is 48.3 Å². The summed E-state index contributed by atoms with van der Waals surface area (Å²) in [6.45, 7) is 4.33. The minimum atomic E-state index is -3.64. The van der Waals surface area contributed by atoms with Crippen LogP contribution in [0.5, 0.6) is 5.75 Å². The van der Waals surface area contributed by atoms with Gasteiger partial charge in [0.1, 0.15) is 11.8 Å². The topological polar surface area (TPSA) is 96.0 Å². The third-order valence-corrected chi connectivity index (χ3v) is 7.45. The SMILES string of the molecule is CCCNC(=O)C(C)N(Cc1ccccc1Cl)C(=O)CCCN(c1ccc(OC)c(Cl)c1)S(C)(=O)=O. The lowest BCUT2D eigenvalue weighted by Gasteiger charge is -2.29. The molecule has 0 heterocycles. The second-order valence-electron chi connectivity index (χ2n) is 8.34. The molecule has 0 radical (unpaired) electrons. The molecule has 36 heavy (non-hydrogen) atoms. The largest absolute Gasteiger partial charge is 0.495 e. The summed E-state index contributed by atoms with van der Waals surface area (Å²) in [6.07, 6.45) is 2.13. The third-order valence-electron chi connectivity index (χ3n) is 5.59. The quantitative estimate of drug-likeness (QED) is 0.391. The molecule has 2 aromatic rings. The number of nitrogens with one attached hydrogen (secondary N) is 1. The van der Waals surface area contributed by atoms with E-state index >= 15 is 0 Å². The fourth-order valence-corrected chi connectivity index (χ4v) is 5.01. The van der Waals surface area contributed by atoms with Crippen LogP contribution in [0.25, 0.3) is 0 Å². The van der Waals surface area contributed by atoms with Gasteiger partial charge in [0, 0.05) is 31.1 Å². The number of benzene rings is 2. The van der Waals surface area contributed by atoms with Crippen LogP contribution < -0.4 is 14.4 Å². The van der Waals surface area contributed by atoms with Gasteiger partial charge in [-0.05, 0) is 49.6 Å². The first-order chi connectivity index (χ1) is 17.0. The highest BCUT2D eigenvalue weighted by Gasteiger charge is 2.27. The molecule has 0 aromatic heterocycles. The second kappa shape index (κ2) is 13.7. The van der Waals surface area contributed by atoms with Crippen LogP contribution in [0.2, 0.25) is 10.0 Å². The molecule has 0 aliphatic heterocycles. The number of anilines is 1. The average Bonchev–Trinajstić information content (AvgIpc) is 2.83. The number of amides is 2. The maximum absolute atomic E-state index is 13.3. The average molecular weight is 559 g/mol. The summed E-state index contributed by atoms with van der Waals surface area (Å²) in [4.78, 5) is 27.4. The first-order valence-electron chi connectivity index (χ1n) is 11.6. The number of ether oxygens (including phenoxy) is 1. The Bertz CT molecular complexity index is 1160. The van der Waals surface area contributed by atoms with Crippen molar-refractivity contribution in [3.05, 3.63) is 58.1 Å². The van der Waals surface area contributed by atoms with Crippen LogP contribution in [0.1, 0.15) is 38.7 Å². The Labute approximate surface area is 223 Å². The molecule has 2 amide bonds. The van der Waals surface area contributed by atoms with Crippen LogP contribution in [0, 0.1) is 0 Å². The molecule has 0 saturated heterocycles. The Hall–Kier alpha value is -2.49. The number of methoxy groups -OCH3 is 1. The summed E-state index contributed by atoms with van der Waals surface area (Å²) in [5, 5.41) is 3.59. The van der Waals surface area contributed by atoms with Crippen molar-refractivity contribution in [2.75, 3.05) is 30.8 Å². The first kappa shape index (κ1) is 29.7. The standard InChI is InChI=1S/C25H33Cl2N3O5S/c1-5-14-28-25(32)18(2)29(17-19-9-6-7-10-21(19)26)24(31)11-8-15-30(36(4,33)34)20-12-13-23(35-3)22(27)16-20/h6-7,9-10,12-13,16,18H,5,8,11,14-15,17H2,1-4H3,(H,28,32). The minimum absolute atomic E-state index is 0.0335. The number of rotatable bonds is 13. The molecule has 0 aliphatic carbocycles. The van der Waals surface area contributed by atoms with Gasteiger partial charge in [-0.15, -0.1) is 0 Å². The lowest BCUT2D eigenvalue weighted by atomic mass is 10.1. The van der Waals surface area contributed by atoms with E-state index in [0.717, 1.165) is 12.7 Å². The van der Waals surface area contributed by atoms with Crippen molar-refractivity contribution in [3.8, 4) is 5.75 Å². The van der Waals surface area contributed by atoms with Crippen LogP contribution in [0.3, 0.4) is 0 Å². The normalized spacial score (nSPS) is 12.1. The molecule has 2 aromatic carbocycles. The Kier molecular flexibility index (Phi) is 11.3. The number of carbonyl (C=O) groups is 2. The van der Waals surface area contributed by atoms with Gasteiger partial charge in [-0.25, -0.2) is 8.42 Å². The number of halogens is 2. The van der Waals surface area contributed by atoms with Crippen LogP contribution in [0.4, 0.5) is 5.69 Å². The van der Waals surface area contributed by atoms with Crippen molar-refractivity contribution in [2.24, 2.45) is 0 Å². The van der Waals surface area contributed by atoms with E-state index in [0.29, 0.717) is 28.6 Å². The molecule has 0 bridgehead atoms. The number of sulfonamides is 1. The number of nitrogens with zero attached hydrogens (tertiary/aromatic N) is 2. The van der Waals surface area contributed by atoms with Crippen molar-refractivity contribution in [1.29, 1.82) is 0 Å². The molecule has 0 fully saturated rings. The van der Waals surface area contributed by atoms with Crippen molar-refractivity contribution < 1.29 is 22.7 Å². The van der Waals surface area contributed by atoms with Crippen LogP contribution in [-0.2, 0) is 26.2 Å². The molecule has 1 N–H and O–H groups in total. The summed E-state index contributed by atoms with van der Waals surface area (Å²) < 4.78 is 31.3. The molecule has 1 unspecified atom stereocenters. The van der Waals surface area contributed by atoms with Gasteiger partial charge >= 0.3 is 0 Å². The fraction of sp³-hybridized carbons (Fsp3) is 0.440. The Balaban J connectivity index is 2.19. The molecule has 11 heteroatoms. The van der Waals surface area contributed by atoms with E-state index in [2.05, 4.69) is 5.32 Å². The van der Waals surface area contributed by atoms with E-state index in [1.807, 2.05) is 13.0 Å². The number of hydrogen-bond acceptors (Lipinski definition) is 5. The van der Waals surface area contributed by atoms with Gasteiger partial charge in [-0.3, -0.25) is 13.9 Å². The lowest BCUT2D eigenvalue weighted by Crippen LogP contribution is -2.47. The number of hydrogen-bond donors (Lipinski definition) is 1. The van der Waals surface area contributed by atoms with Gasteiger partial charge in [0.15, 0.2) is 0 Å². The van der Waals surface area contributed by atoms with Crippen molar-refractivity contribution in [1.82, 2.24) is 10.2 Å². The van der Waals surface area contributed by atoms with Gasteiger partial charge < -0.3 is 15.0 Å². The summed E-state index contributed by atoms with van der Waals surface area (Å²) >= 11 is 12.5. The van der Waals surface area contributed by atoms with Crippen LogP contribution in [-0.4, -0.2) is 57.6 Å². The molecular weight excluding hydrogens is 525 g/mol. The van der Waals surface area contributed by atoms with Gasteiger partial charge in [0.05, 0.1) is 24.1 Å². The summed E-state index contributed by atoms with van der Waals surface area (Å²) in [5.41, 5.74) is 1.09. The Morgan fingerprint density at radius 3 is 2.39 bits per heavy atom. The lowest BCUT2D eigenvalue weighted by molar-refractivity contribution is -0.140. The predicted octanol–water partition coefficient (Wildman–Crippen LogP) is 4.49. The second-order valence-corrected chi connectivity index (χ2v) is 11.1. The highest BCUT2D eigenvalue weighted by atomic mass is 35.5. The summed E-state index contributed by atoms with van der Waals surface area (Å²) in [6, 6.07) is 11.1. The first-order valence-corrected chi connectivity index (χ1v) is 14.2. The van der Waals surface area contributed by atoms with E-state index in [1.54, 1.807) is 37.3 Å². The molecule has 0 aliphatic rings. The molecule has 8 nitrogen and oxygen atoms in total. The van der Waals surface area contributed by atoms with E-state index in [4.69, 9.17) is 27.9 Å². The maximum atomic E-state index is 13.3. The summed E-state index contributed by atoms with van der Waals surface area (Å²) in [7, 11) is -2.17. The fourth-order valence-electron chi connectivity index (χ4n) is 3.60. The van der Waals surface area contributed by atoms with E-state index in [9.17, 15) is 18.0 Å². The smallest absolute Gasteiger partial charge is 0.242 e. The van der Waals surface area contributed by atoms with Crippen LogP contribution >= 0.6 is 23.2 Å². The Morgan fingerprint density at radius 2 is 1.81 bits per heavy atom. The Morgan fingerprint density at radius 1 is 1.11 bits per heavy atom. The summed E-state index contributed by atoms with van der Waals surface area (Å²) in [5.74, 6) is -0.118. The molecule has 0 spiro atoms. The maximum Gasteiger partial charge on any atom is 0.242 e. The van der Waals surface area contributed by atoms with Gasteiger partial charge in [0.25, 0.3) is 0 Å². The molecule has 0 saturated carbocycles. The zero-order valence-electron chi connectivity index (χ0n) is 21.0. The predicted molar refractivity (Wildman–Crippen MR) is 144 cm³/mol. The van der Waals surface area contributed by atoms with Crippen LogP contribution in [0.15, 0.2) is 42.5 Å². The van der Waals surface area contributed by atoms with E-state index in [1.165, 1.54) is 22.4 Å². The molecule has 2 rings (SSSR count). The van der Waals surface area contributed by atoms with Crippen molar-refractivity contribution in [2.45, 2.75) is 45.7 Å². The molecule has 198 valence electrons. The number of carbonyl (C=O) groups excluding carboxylic acids is 2. The highest BCUT2D eigenvalue weighted by molar-refractivity contribution is 7.92.